The largest absolute Gasteiger partial charge is 0.436 e. The van der Waals surface area contributed by atoms with Crippen molar-refractivity contribution in [2.75, 3.05) is 0 Å². The molecule has 0 aliphatic carbocycles. The number of hydrogen-bond donors (Lipinski definition) is 0. The Morgan fingerprint density at radius 3 is 0.887 bits per heavy atom. The van der Waals surface area contributed by atoms with Crippen molar-refractivity contribution in [3.05, 3.63) is 319 Å². The molecule has 19 aromatic rings. The Hall–Kier alpha value is -12.8. The summed E-state index contributed by atoms with van der Waals surface area (Å²) in [6, 6.07) is 108. The summed E-state index contributed by atoms with van der Waals surface area (Å²) in [7, 11) is 0. The van der Waals surface area contributed by atoms with Crippen LogP contribution in [0, 0.1) is 39.0 Å². The highest BCUT2D eigenvalue weighted by Gasteiger charge is 2.32. The minimum atomic E-state index is 0.356. The third-order valence-electron chi connectivity index (χ3n) is 20.1. The van der Waals surface area contributed by atoms with E-state index in [1.165, 1.54) is 65.3 Å². The van der Waals surface area contributed by atoms with Gasteiger partial charge in [0.1, 0.15) is 11.6 Å². The van der Waals surface area contributed by atoms with Crippen molar-refractivity contribution in [2.45, 2.75) is 27.7 Å². The van der Waals surface area contributed by atoms with Gasteiger partial charge in [0.2, 0.25) is 5.89 Å². The number of benzene rings is 14. The standard InChI is InChI=1S/C90H60N6O/c1-54-25-45-80-70(49-54)71-50-55(2)26-46-81(71)95(80)64-39-31-59(32-40-64)86-85(58-29-37-62(38-30-58)93-76-20-10-5-15-66(76)67-16-6-11-21-77(67)93)74(53-91)89(90-92-75-19-9-14-24-84(75)97-90)88(61-35-43-63(44-36-61)94-78-22-12-7-17-68(78)69-18-8-13-23-79(69)94)87(86)60-33-41-65(42-34-60)96-82-47-27-56(3)51-72(82)73-52-57(4)28-48-83(73)96/h5-52H,1-4H3. The molecule has 7 nitrogen and oxygen atoms in total. The van der Waals surface area contributed by atoms with E-state index in [4.69, 9.17) is 9.40 Å². The van der Waals surface area contributed by atoms with Gasteiger partial charge in [-0.2, -0.15) is 5.26 Å². The van der Waals surface area contributed by atoms with Gasteiger partial charge >= 0.3 is 0 Å². The third kappa shape index (κ3) is 8.63. The van der Waals surface area contributed by atoms with E-state index in [2.05, 4.69) is 319 Å². The van der Waals surface area contributed by atoms with E-state index >= 15 is 0 Å². The Labute approximate surface area is 559 Å². The zero-order valence-corrected chi connectivity index (χ0v) is 53.8. The van der Waals surface area contributed by atoms with Crippen molar-refractivity contribution in [1.29, 1.82) is 5.26 Å². The Morgan fingerprint density at radius 2 is 0.557 bits per heavy atom. The van der Waals surface area contributed by atoms with Gasteiger partial charge in [-0.05, 0) is 195 Å². The van der Waals surface area contributed by atoms with Gasteiger partial charge in [0, 0.05) is 77.0 Å². The molecule has 97 heavy (non-hydrogen) atoms. The molecule has 0 aliphatic heterocycles. The molecule has 0 fully saturated rings. The summed E-state index contributed by atoms with van der Waals surface area (Å²) in [4.78, 5) is 5.37. The zero-order valence-electron chi connectivity index (χ0n) is 53.8. The lowest BCUT2D eigenvalue weighted by Gasteiger charge is -2.25. The van der Waals surface area contributed by atoms with E-state index in [1.807, 2.05) is 24.3 Å². The maximum atomic E-state index is 12.5. The Balaban J connectivity index is 0.923. The third-order valence-corrected chi connectivity index (χ3v) is 20.1. The maximum Gasteiger partial charge on any atom is 0.229 e. The number of oxazole rings is 1. The summed E-state index contributed by atoms with van der Waals surface area (Å²) in [6.07, 6.45) is 0. The van der Waals surface area contributed by atoms with Gasteiger partial charge in [0.15, 0.2) is 5.58 Å². The predicted molar refractivity (Wildman–Crippen MR) is 402 cm³/mol. The highest BCUT2D eigenvalue weighted by molar-refractivity contribution is 6.15. The van der Waals surface area contributed by atoms with E-state index in [9.17, 15) is 5.26 Å². The molecule has 5 heterocycles. The number of fused-ring (bicyclic) bond motifs is 13. The maximum absolute atomic E-state index is 12.5. The summed E-state index contributed by atoms with van der Waals surface area (Å²) < 4.78 is 16.5. The summed E-state index contributed by atoms with van der Waals surface area (Å²) in [6.45, 7) is 8.67. The van der Waals surface area contributed by atoms with Gasteiger partial charge in [-0.1, -0.05) is 180 Å². The second-order valence-corrected chi connectivity index (χ2v) is 26.0. The van der Waals surface area contributed by atoms with Crippen LogP contribution in [0.4, 0.5) is 0 Å². The number of para-hydroxylation sites is 6. The second-order valence-electron chi connectivity index (χ2n) is 26.0. The van der Waals surface area contributed by atoms with Gasteiger partial charge in [-0.15, -0.1) is 0 Å². The second kappa shape index (κ2) is 21.7. The molecule has 0 saturated heterocycles. The SMILES string of the molecule is Cc1ccc2c(c1)c1cc(C)ccc1n2-c1ccc(-c2c(-c3ccc(-n4c5ccccc5c5ccccc54)cc3)c(C#N)c(-c3nc4ccccc4o3)c(-c3ccc(-n4c5ccccc5c5ccccc54)cc3)c2-c2ccc(-n3c4ccc(C)cc4c4cc(C)ccc43)cc2)cc1. The zero-order chi connectivity index (χ0) is 64.7. The molecule has 0 bridgehead atoms. The Kier molecular flexibility index (Phi) is 12.5. The van der Waals surface area contributed by atoms with E-state index in [1.54, 1.807) is 0 Å². The highest BCUT2D eigenvalue weighted by atomic mass is 16.3. The molecule has 0 atom stereocenters. The van der Waals surface area contributed by atoms with Crippen LogP contribution < -0.4 is 0 Å². The van der Waals surface area contributed by atoms with Crippen LogP contribution >= 0.6 is 0 Å². The first-order valence-corrected chi connectivity index (χ1v) is 33.1. The van der Waals surface area contributed by atoms with Crippen LogP contribution in [0.1, 0.15) is 27.8 Å². The fourth-order valence-corrected chi connectivity index (χ4v) is 15.8. The van der Waals surface area contributed by atoms with Crippen molar-refractivity contribution >= 4 is 98.3 Å². The van der Waals surface area contributed by atoms with Crippen LogP contribution in [-0.4, -0.2) is 23.3 Å². The van der Waals surface area contributed by atoms with Crippen LogP contribution in [0.25, 0.3) is 177 Å². The molecule has 456 valence electrons. The fraction of sp³-hybridized carbons (Fsp3) is 0.0444. The van der Waals surface area contributed by atoms with Gasteiger partial charge in [-0.3, -0.25) is 0 Å². The molecule has 0 spiro atoms. The number of nitriles is 1. The van der Waals surface area contributed by atoms with Crippen LogP contribution in [-0.2, 0) is 0 Å². The van der Waals surface area contributed by atoms with Crippen molar-refractivity contribution in [3.63, 3.8) is 0 Å². The number of aryl methyl sites for hydroxylation is 4. The molecule has 0 aliphatic rings. The molecule has 19 rings (SSSR count). The van der Waals surface area contributed by atoms with Crippen LogP contribution in [0.3, 0.4) is 0 Å². The van der Waals surface area contributed by atoms with Crippen LogP contribution in [0.2, 0.25) is 0 Å². The average molecular weight is 1240 g/mol. The van der Waals surface area contributed by atoms with E-state index in [-0.39, 0.29) is 0 Å². The van der Waals surface area contributed by atoms with Crippen molar-refractivity contribution < 1.29 is 4.42 Å². The smallest absolute Gasteiger partial charge is 0.229 e. The molecule has 0 saturated carbocycles. The first kappa shape index (κ1) is 55.8. The van der Waals surface area contributed by atoms with Gasteiger partial charge in [-0.25, -0.2) is 4.98 Å². The molecular formula is C90H60N6O. The minimum absolute atomic E-state index is 0.356. The van der Waals surface area contributed by atoms with Gasteiger partial charge < -0.3 is 22.7 Å². The molecule has 0 radical (unpaired) electrons. The van der Waals surface area contributed by atoms with Crippen LogP contribution in [0.5, 0.6) is 0 Å². The molecule has 0 unspecified atom stereocenters. The summed E-state index contributed by atoms with van der Waals surface area (Å²) in [5, 5.41) is 22.2. The normalized spacial score (nSPS) is 11.9. The summed E-state index contributed by atoms with van der Waals surface area (Å²) in [5.74, 6) is 0.356. The number of rotatable bonds is 9. The van der Waals surface area contributed by atoms with Crippen LogP contribution in [0.15, 0.2) is 296 Å². The van der Waals surface area contributed by atoms with Gasteiger partial charge in [0.25, 0.3) is 0 Å². The minimum Gasteiger partial charge on any atom is -0.436 e. The number of nitrogens with zero attached hydrogens (tertiary/aromatic N) is 6. The molecule has 7 heteroatoms. The van der Waals surface area contributed by atoms with Crippen molar-refractivity contribution in [1.82, 2.24) is 23.3 Å². The Morgan fingerprint density at radius 1 is 0.278 bits per heavy atom. The fourth-order valence-electron chi connectivity index (χ4n) is 15.8. The quantitative estimate of drug-likeness (QED) is 0.145. The lowest BCUT2D eigenvalue weighted by atomic mass is 9.77. The number of aromatic nitrogens is 5. The Bertz CT molecular complexity index is 6260. The lowest BCUT2D eigenvalue weighted by Crippen LogP contribution is -2.03. The summed E-state index contributed by atoms with van der Waals surface area (Å²) >= 11 is 0. The molecule has 14 aromatic carbocycles. The van der Waals surface area contributed by atoms with E-state index in [0.29, 0.717) is 28.1 Å². The first-order valence-electron chi connectivity index (χ1n) is 33.1. The van der Waals surface area contributed by atoms with E-state index in [0.717, 1.165) is 111 Å². The van der Waals surface area contributed by atoms with E-state index < -0.39 is 0 Å². The van der Waals surface area contributed by atoms with Crippen molar-refractivity contribution in [3.8, 4) is 84.8 Å². The lowest BCUT2D eigenvalue weighted by molar-refractivity contribution is 0.620. The first-order chi connectivity index (χ1) is 47.7. The number of hydrogen-bond acceptors (Lipinski definition) is 3. The van der Waals surface area contributed by atoms with Crippen molar-refractivity contribution in [2.24, 2.45) is 0 Å². The molecule has 0 amide bonds. The molecular weight excluding hydrogens is 1180 g/mol. The average Bonchev–Trinajstić information content (AvgIpc) is 1.34. The highest BCUT2D eigenvalue weighted by Crippen LogP contribution is 2.54. The van der Waals surface area contributed by atoms with Gasteiger partial charge in [0.05, 0.1) is 55.3 Å². The topological polar surface area (TPSA) is 69.5 Å². The molecule has 0 N–H and O–H groups in total. The predicted octanol–water partition coefficient (Wildman–Crippen LogP) is 23.7. The summed E-state index contributed by atoms with van der Waals surface area (Å²) in [5.41, 5.74) is 27.4. The monoisotopic (exact) mass is 1240 g/mol. The molecule has 5 aromatic heterocycles.